The van der Waals surface area contributed by atoms with Crippen LogP contribution in [0.4, 0.5) is 0 Å². The fourth-order valence-corrected chi connectivity index (χ4v) is 4.51. The molecule has 0 aliphatic carbocycles. The molecule has 4 heterocycles. The van der Waals surface area contributed by atoms with Gasteiger partial charge in [-0.05, 0) is 54.2 Å². The number of aryl methyl sites for hydroxylation is 2. The van der Waals surface area contributed by atoms with Gasteiger partial charge in [0.1, 0.15) is 5.82 Å². The van der Waals surface area contributed by atoms with E-state index in [4.69, 9.17) is 0 Å². The van der Waals surface area contributed by atoms with Gasteiger partial charge in [0, 0.05) is 37.2 Å². The number of hydrogen-bond acceptors (Lipinski definition) is 5. The van der Waals surface area contributed by atoms with Crippen molar-refractivity contribution in [2.45, 2.75) is 38.1 Å². The number of hydrogen-bond donors (Lipinski definition) is 2. The monoisotopic (exact) mass is 456 g/mol. The normalized spacial score (nSPS) is 14.4. The van der Waals surface area contributed by atoms with Crippen LogP contribution < -0.4 is 11.0 Å². The number of aromatic amines is 1. The highest BCUT2D eigenvalue weighted by Gasteiger charge is 2.31. The Balaban J connectivity index is 1.61. The molecular weight excluding hydrogens is 428 g/mol. The molecule has 0 radical (unpaired) electrons. The smallest absolute Gasteiger partial charge is 0.334 e. The van der Waals surface area contributed by atoms with Crippen molar-refractivity contribution >= 4 is 0 Å². The number of rotatable bonds is 8. The van der Waals surface area contributed by atoms with Crippen molar-refractivity contribution in [3.8, 4) is 17.2 Å². The Kier molecular flexibility index (Phi) is 5.75. The van der Waals surface area contributed by atoms with Gasteiger partial charge in [0.05, 0.1) is 5.41 Å². The van der Waals surface area contributed by atoms with Gasteiger partial charge in [-0.2, -0.15) is 5.21 Å². The minimum absolute atomic E-state index is 0.0399. The van der Waals surface area contributed by atoms with Crippen molar-refractivity contribution in [3.63, 3.8) is 0 Å². The van der Waals surface area contributed by atoms with E-state index in [1.54, 1.807) is 4.57 Å². The fraction of sp³-hybridized carbons (Fsp3) is 0.280. The highest BCUT2D eigenvalue weighted by Crippen LogP contribution is 2.33. The molecule has 0 spiro atoms. The average molecular weight is 457 g/mol. The Morgan fingerprint density at radius 1 is 1.12 bits per heavy atom. The summed E-state index contributed by atoms with van der Waals surface area (Å²) in [6.07, 6.45) is 14.9. The molecule has 0 amide bonds. The number of benzene rings is 1. The Morgan fingerprint density at radius 3 is 2.68 bits per heavy atom. The van der Waals surface area contributed by atoms with Crippen LogP contribution in [0.15, 0.2) is 78.1 Å². The number of dihydropyridines is 1. The number of tetrazole rings is 1. The number of imidazole rings is 1. The predicted molar refractivity (Wildman–Crippen MR) is 130 cm³/mol. The maximum Gasteiger partial charge on any atom is 0.334 e. The van der Waals surface area contributed by atoms with Crippen LogP contribution in [-0.2, 0) is 25.4 Å². The average Bonchev–Trinajstić information content (AvgIpc) is 3.61. The molecule has 5 rings (SSSR count). The third kappa shape index (κ3) is 3.89. The number of unbranched alkanes of at least 4 members (excludes halogenated alkanes) is 1. The molecule has 0 bridgehead atoms. The third-order valence-electron chi connectivity index (χ3n) is 6.39. The van der Waals surface area contributed by atoms with Gasteiger partial charge in [-0.25, -0.2) is 4.79 Å². The third-order valence-corrected chi connectivity index (χ3v) is 6.39. The highest BCUT2D eigenvalue weighted by atomic mass is 16.1. The molecule has 0 fully saturated rings. The molecule has 1 aliphatic heterocycles. The van der Waals surface area contributed by atoms with E-state index in [0.29, 0.717) is 12.4 Å². The molecular formula is C25H28N8O. The summed E-state index contributed by atoms with van der Waals surface area (Å²) >= 11 is 0. The summed E-state index contributed by atoms with van der Waals surface area (Å²) < 4.78 is 5.64. The second-order valence-corrected chi connectivity index (χ2v) is 8.63. The van der Waals surface area contributed by atoms with Gasteiger partial charge in [0.2, 0.25) is 5.82 Å². The molecule has 174 valence electrons. The molecule has 1 aromatic carbocycles. The standard InChI is InChI=1S/C25H28N8O/c1-3-4-9-21-17-32(22-10-6-15-31(22)2)24(34)33(21)18-25(11-13-26-14-12-25)20-8-5-7-19(16-20)23-27-29-30-28-23/h5-8,10-17,26H,3-4,9,18H2,1-2H3,(H,27,28,29,30). The van der Waals surface area contributed by atoms with Crippen LogP contribution in [0.5, 0.6) is 0 Å². The maximum absolute atomic E-state index is 13.7. The van der Waals surface area contributed by atoms with Crippen LogP contribution in [-0.4, -0.2) is 34.3 Å². The van der Waals surface area contributed by atoms with E-state index < -0.39 is 5.41 Å². The zero-order valence-electron chi connectivity index (χ0n) is 19.3. The van der Waals surface area contributed by atoms with Crippen LogP contribution in [0.25, 0.3) is 17.2 Å². The van der Waals surface area contributed by atoms with Gasteiger partial charge in [-0.1, -0.05) is 43.7 Å². The molecule has 3 aromatic heterocycles. The van der Waals surface area contributed by atoms with Crippen LogP contribution in [0.3, 0.4) is 0 Å². The van der Waals surface area contributed by atoms with E-state index in [0.717, 1.165) is 41.9 Å². The minimum Gasteiger partial charge on any atom is -0.368 e. The zero-order valence-corrected chi connectivity index (χ0v) is 19.3. The number of allylic oxidation sites excluding steroid dienone is 2. The summed E-state index contributed by atoms with van der Waals surface area (Å²) in [6.45, 7) is 2.65. The van der Waals surface area contributed by atoms with Crippen LogP contribution in [0.1, 0.15) is 31.0 Å². The SMILES string of the molecule is CCCCc1cn(-c2cccn2C)c(=O)n1CC1(c2cccc(-c3nn[nH]n3)c2)C=CNC=C1. The van der Waals surface area contributed by atoms with Crippen molar-refractivity contribution in [1.82, 2.24) is 39.6 Å². The molecule has 0 saturated heterocycles. The second kappa shape index (κ2) is 9.01. The van der Waals surface area contributed by atoms with Crippen LogP contribution in [0, 0.1) is 0 Å². The molecule has 2 N–H and O–H groups in total. The lowest BCUT2D eigenvalue weighted by atomic mass is 9.78. The first-order chi connectivity index (χ1) is 16.6. The molecule has 4 aromatic rings. The minimum atomic E-state index is -0.518. The Hall–Kier alpha value is -4.14. The lowest BCUT2D eigenvalue weighted by molar-refractivity contribution is 0.496. The van der Waals surface area contributed by atoms with Gasteiger partial charge in [-0.3, -0.25) is 9.13 Å². The first-order valence-corrected chi connectivity index (χ1v) is 11.5. The summed E-state index contributed by atoms with van der Waals surface area (Å²) in [5, 5.41) is 17.6. The Labute approximate surface area is 197 Å². The van der Waals surface area contributed by atoms with Crippen LogP contribution >= 0.6 is 0 Å². The fourth-order valence-electron chi connectivity index (χ4n) is 4.51. The molecule has 1 aliphatic rings. The molecule has 0 unspecified atom stereocenters. The van der Waals surface area contributed by atoms with Crippen molar-refractivity contribution in [3.05, 3.63) is 95.1 Å². The maximum atomic E-state index is 13.7. The molecule has 0 atom stereocenters. The van der Waals surface area contributed by atoms with E-state index in [1.165, 1.54) is 0 Å². The summed E-state index contributed by atoms with van der Waals surface area (Å²) in [7, 11) is 1.95. The van der Waals surface area contributed by atoms with Crippen molar-refractivity contribution in [2.75, 3.05) is 0 Å². The van der Waals surface area contributed by atoms with Crippen molar-refractivity contribution in [2.24, 2.45) is 7.05 Å². The van der Waals surface area contributed by atoms with Crippen LogP contribution in [0.2, 0.25) is 0 Å². The van der Waals surface area contributed by atoms with Gasteiger partial charge in [0.25, 0.3) is 0 Å². The Bertz CT molecular complexity index is 1370. The Morgan fingerprint density at radius 2 is 1.97 bits per heavy atom. The van der Waals surface area contributed by atoms with E-state index in [1.807, 2.05) is 65.2 Å². The van der Waals surface area contributed by atoms with Gasteiger partial charge < -0.3 is 9.88 Å². The molecule has 34 heavy (non-hydrogen) atoms. The van der Waals surface area contributed by atoms with E-state index in [9.17, 15) is 4.79 Å². The number of nitrogens with one attached hydrogen (secondary N) is 2. The molecule has 9 nitrogen and oxygen atoms in total. The first-order valence-electron chi connectivity index (χ1n) is 11.5. The van der Waals surface area contributed by atoms with E-state index in [2.05, 4.69) is 57.1 Å². The number of nitrogens with zero attached hydrogens (tertiary/aromatic N) is 6. The van der Waals surface area contributed by atoms with Crippen molar-refractivity contribution in [1.29, 1.82) is 0 Å². The second-order valence-electron chi connectivity index (χ2n) is 8.63. The largest absolute Gasteiger partial charge is 0.368 e. The number of H-pyrrole nitrogens is 1. The summed E-state index contributed by atoms with van der Waals surface area (Å²) in [4.78, 5) is 13.7. The van der Waals surface area contributed by atoms with E-state index in [-0.39, 0.29) is 5.69 Å². The predicted octanol–water partition coefficient (Wildman–Crippen LogP) is 3.07. The molecule has 9 heteroatoms. The van der Waals surface area contributed by atoms with Gasteiger partial charge in [-0.15, -0.1) is 10.2 Å². The number of aromatic nitrogens is 7. The van der Waals surface area contributed by atoms with E-state index >= 15 is 0 Å². The first kappa shape index (κ1) is 21.7. The zero-order chi connectivity index (χ0) is 23.5. The quantitative estimate of drug-likeness (QED) is 0.425. The summed E-state index contributed by atoms with van der Waals surface area (Å²) in [5.41, 5.74) is 2.38. The summed E-state index contributed by atoms with van der Waals surface area (Å²) in [6, 6.07) is 12.0. The molecule has 0 saturated carbocycles. The topological polar surface area (TPSA) is 98.4 Å². The lowest BCUT2D eigenvalue weighted by Crippen LogP contribution is -2.36. The summed E-state index contributed by atoms with van der Waals surface area (Å²) in [5.74, 6) is 1.39. The van der Waals surface area contributed by atoms with Crippen molar-refractivity contribution < 1.29 is 0 Å². The van der Waals surface area contributed by atoms with Gasteiger partial charge >= 0.3 is 5.69 Å². The van der Waals surface area contributed by atoms with Gasteiger partial charge in [0.15, 0.2) is 0 Å². The lowest BCUT2D eigenvalue weighted by Gasteiger charge is -2.31. The highest BCUT2D eigenvalue weighted by molar-refractivity contribution is 5.57.